The molecule has 0 aliphatic rings. The average Bonchev–Trinajstić information content (AvgIpc) is 2.84. The van der Waals surface area contributed by atoms with Crippen LogP contribution in [0.2, 0.25) is 0 Å². The van der Waals surface area contributed by atoms with Crippen molar-refractivity contribution in [2.45, 2.75) is 13.5 Å². The molecule has 0 spiro atoms. The van der Waals surface area contributed by atoms with Crippen molar-refractivity contribution in [3.63, 3.8) is 0 Å². The van der Waals surface area contributed by atoms with E-state index in [0.717, 1.165) is 12.2 Å². The van der Waals surface area contributed by atoms with Crippen molar-refractivity contribution in [3.8, 4) is 0 Å². The molecule has 2 aromatic rings. The summed E-state index contributed by atoms with van der Waals surface area (Å²) < 4.78 is 6.83. The molecule has 5 heteroatoms. The summed E-state index contributed by atoms with van der Waals surface area (Å²) in [6.07, 6.45) is 3.66. The number of nitrogens with one attached hydrogen (secondary N) is 2. The molecule has 2 N–H and O–H groups in total. The lowest BCUT2D eigenvalue weighted by Gasteiger charge is -2.08. The molecule has 0 unspecified atom stereocenters. The molecular weight excluding hydrogens is 254 g/mol. The summed E-state index contributed by atoms with van der Waals surface area (Å²) in [4.78, 5) is 11.3. The molecule has 5 nitrogen and oxygen atoms in total. The smallest absolute Gasteiger partial charge is 0.411 e. The van der Waals surface area contributed by atoms with Crippen LogP contribution >= 0.6 is 0 Å². The lowest BCUT2D eigenvalue weighted by molar-refractivity contribution is 0.168. The SMILES string of the molecule is CCOC(=O)Nc1ccc(NCc2ccn(C)c2)cc1. The van der Waals surface area contributed by atoms with Crippen molar-refractivity contribution in [2.75, 3.05) is 17.2 Å². The van der Waals surface area contributed by atoms with E-state index >= 15 is 0 Å². The van der Waals surface area contributed by atoms with E-state index in [1.165, 1.54) is 5.56 Å². The summed E-state index contributed by atoms with van der Waals surface area (Å²) in [6, 6.07) is 9.59. The number of rotatable bonds is 5. The number of anilines is 2. The molecule has 0 saturated carbocycles. The Morgan fingerprint density at radius 2 is 1.90 bits per heavy atom. The Bertz CT molecular complexity index is 561. The van der Waals surface area contributed by atoms with E-state index in [4.69, 9.17) is 4.74 Å². The first-order valence-corrected chi connectivity index (χ1v) is 6.56. The average molecular weight is 273 g/mol. The molecule has 2 rings (SSSR count). The number of carbonyl (C=O) groups excluding carboxylic acids is 1. The monoisotopic (exact) mass is 273 g/mol. The van der Waals surface area contributed by atoms with Gasteiger partial charge in [-0.2, -0.15) is 0 Å². The molecule has 20 heavy (non-hydrogen) atoms. The van der Waals surface area contributed by atoms with Gasteiger partial charge in [-0.05, 0) is 42.8 Å². The number of carbonyl (C=O) groups is 1. The Balaban J connectivity index is 1.86. The van der Waals surface area contributed by atoms with Crippen LogP contribution in [-0.2, 0) is 18.3 Å². The Labute approximate surface area is 118 Å². The maximum absolute atomic E-state index is 11.3. The number of ether oxygens (including phenoxy) is 1. The van der Waals surface area contributed by atoms with Crippen LogP contribution in [-0.4, -0.2) is 17.3 Å². The van der Waals surface area contributed by atoms with E-state index in [0.29, 0.717) is 12.3 Å². The summed E-state index contributed by atoms with van der Waals surface area (Å²) in [5.74, 6) is 0. The highest BCUT2D eigenvalue weighted by Crippen LogP contribution is 2.14. The Hall–Kier alpha value is -2.43. The second kappa shape index (κ2) is 6.65. The molecule has 0 saturated heterocycles. The van der Waals surface area contributed by atoms with Crippen molar-refractivity contribution < 1.29 is 9.53 Å². The van der Waals surface area contributed by atoms with Gasteiger partial charge in [0.15, 0.2) is 0 Å². The van der Waals surface area contributed by atoms with Crippen LogP contribution in [0.1, 0.15) is 12.5 Å². The van der Waals surface area contributed by atoms with Crippen LogP contribution in [0.25, 0.3) is 0 Å². The highest BCUT2D eigenvalue weighted by atomic mass is 16.5. The number of aromatic nitrogens is 1. The van der Waals surface area contributed by atoms with Gasteiger partial charge >= 0.3 is 6.09 Å². The normalized spacial score (nSPS) is 10.1. The zero-order valence-electron chi connectivity index (χ0n) is 11.7. The van der Waals surface area contributed by atoms with Gasteiger partial charge in [0.05, 0.1) is 6.61 Å². The molecule has 1 aromatic heterocycles. The molecule has 0 atom stereocenters. The predicted molar refractivity (Wildman–Crippen MR) is 79.8 cm³/mol. The highest BCUT2D eigenvalue weighted by molar-refractivity contribution is 5.84. The van der Waals surface area contributed by atoms with Crippen molar-refractivity contribution >= 4 is 17.5 Å². The molecular formula is C15H19N3O2. The van der Waals surface area contributed by atoms with Gasteiger partial charge in [0.1, 0.15) is 0 Å². The van der Waals surface area contributed by atoms with Crippen molar-refractivity contribution in [1.82, 2.24) is 4.57 Å². The van der Waals surface area contributed by atoms with Crippen LogP contribution in [0.3, 0.4) is 0 Å². The van der Waals surface area contributed by atoms with Gasteiger partial charge in [0, 0.05) is 37.4 Å². The van der Waals surface area contributed by atoms with E-state index in [9.17, 15) is 4.79 Å². The molecule has 1 aromatic carbocycles. The number of aryl methyl sites for hydroxylation is 1. The molecule has 1 heterocycles. The van der Waals surface area contributed by atoms with E-state index in [1.807, 2.05) is 42.1 Å². The summed E-state index contributed by atoms with van der Waals surface area (Å²) in [6.45, 7) is 2.91. The maximum atomic E-state index is 11.3. The minimum atomic E-state index is -0.433. The molecule has 1 amide bonds. The minimum absolute atomic E-state index is 0.364. The lowest BCUT2D eigenvalue weighted by Crippen LogP contribution is -2.13. The van der Waals surface area contributed by atoms with Crippen LogP contribution in [0.4, 0.5) is 16.2 Å². The van der Waals surface area contributed by atoms with Gasteiger partial charge in [0.25, 0.3) is 0 Å². The number of amides is 1. The fourth-order valence-electron chi connectivity index (χ4n) is 1.83. The summed E-state index contributed by atoms with van der Waals surface area (Å²) in [5, 5.41) is 5.98. The number of hydrogen-bond acceptors (Lipinski definition) is 3. The first-order valence-electron chi connectivity index (χ1n) is 6.56. The van der Waals surface area contributed by atoms with Crippen molar-refractivity contribution in [1.29, 1.82) is 0 Å². The van der Waals surface area contributed by atoms with Gasteiger partial charge in [-0.15, -0.1) is 0 Å². The summed E-state index contributed by atoms with van der Waals surface area (Å²) in [5.41, 5.74) is 2.94. The van der Waals surface area contributed by atoms with Gasteiger partial charge in [0.2, 0.25) is 0 Å². The Morgan fingerprint density at radius 3 is 2.50 bits per heavy atom. The Morgan fingerprint density at radius 1 is 1.20 bits per heavy atom. The summed E-state index contributed by atoms with van der Waals surface area (Å²) in [7, 11) is 2.00. The van der Waals surface area contributed by atoms with Crippen LogP contribution in [0, 0.1) is 0 Å². The van der Waals surface area contributed by atoms with Gasteiger partial charge < -0.3 is 14.6 Å². The molecule has 106 valence electrons. The molecule has 0 bridgehead atoms. The van der Waals surface area contributed by atoms with Gasteiger partial charge in [-0.1, -0.05) is 0 Å². The molecule has 0 aliphatic heterocycles. The summed E-state index contributed by atoms with van der Waals surface area (Å²) >= 11 is 0. The predicted octanol–water partition coefficient (Wildman–Crippen LogP) is 3.21. The topological polar surface area (TPSA) is 55.3 Å². The standard InChI is InChI=1S/C15H19N3O2/c1-3-20-15(19)17-14-6-4-13(5-7-14)16-10-12-8-9-18(2)11-12/h4-9,11,16H,3,10H2,1-2H3,(H,17,19). The first-order chi connectivity index (χ1) is 9.67. The largest absolute Gasteiger partial charge is 0.450 e. The van der Waals surface area contributed by atoms with Crippen LogP contribution in [0.15, 0.2) is 42.7 Å². The first kappa shape index (κ1) is 14.0. The Kier molecular flexibility index (Phi) is 4.65. The second-order valence-electron chi connectivity index (χ2n) is 4.46. The van der Waals surface area contributed by atoms with E-state index in [-0.39, 0.29) is 0 Å². The third-order valence-corrected chi connectivity index (χ3v) is 2.80. The highest BCUT2D eigenvalue weighted by Gasteiger charge is 2.01. The fraction of sp³-hybridized carbons (Fsp3) is 0.267. The molecule has 0 aliphatic carbocycles. The van der Waals surface area contributed by atoms with Gasteiger partial charge in [-0.3, -0.25) is 5.32 Å². The van der Waals surface area contributed by atoms with Crippen molar-refractivity contribution in [2.24, 2.45) is 7.05 Å². The fourth-order valence-corrected chi connectivity index (χ4v) is 1.83. The van der Waals surface area contributed by atoms with E-state index in [1.54, 1.807) is 6.92 Å². The zero-order valence-corrected chi connectivity index (χ0v) is 11.7. The van der Waals surface area contributed by atoms with Crippen LogP contribution < -0.4 is 10.6 Å². The number of hydrogen-bond donors (Lipinski definition) is 2. The van der Waals surface area contributed by atoms with E-state index in [2.05, 4.69) is 22.9 Å². The second-order valence-corrected chi connectivity index (χ2v) is 4.46. The van der Waals surface area contributed by atoms with Gasteiger partial charge in [-0.25, -0.2) is 4.79 Å². The number of benzene rings is 1. The van der Waals surface area contributed by atoms with E-state index < -0.39 is 6.09 Å². The minimum Gasteiger partial charge on any atom is -0.450 e. The van der Waals surface area contributed by atoms with Crippen LogP contribution in [0.5, 0.6) is 0 Å². The third-order valence-electron chi connectivity index (χ3n) is 2.80. The molecule has 0 radical (unpaired) electrons. The third kappa shape index (κ3) is 4.05. The molecule has 0 fully saturated rings. The zero-order chi connectivity index (χ0) is 14.4. The maximum Gasteiger partial charge on any atom is 0.411 e. The van der Waals surface area contributed by atoms with Crippen molar-refractivity contribution in [3.05, 3.63) is 48.3 Å². The quantitative estimate of drug-likeness (QED) is 0.879. The number of nitrogens with zero attached hydrogens (tertiary/aromatic N) is 1. The lowest BCUT2D eigenvalue weighted by atomic mass is 10.2.